The number of β-amino-alcohol motifs (C(OH)–C–C–N with tert-alkyl or cyclic N) is 1. The monoisotopic (exact) mass is 1540 g/mol. The van der Waals surface area contributed by atoms with Gasteiger partial charge in [0.2, 0.25) is 0 Å². The van der Waals surface area contributed by atoms with Gasteiger partial charge >= 0.3 is 0 Å². The summed E-state index contributed by atoms with van der Waals surface area (Å²) in [6.07, 6.45) is 13.2. The molecule has 4 aromatic carbocycles. The molecule has 3 fully saturated rings. The number of benzene rings is 4. The van der Waals surface area contributed by atoms with Crippen LogP contribution in [0.2, 0.25) is 0 Å². The van der Waals surface area contributed by atoms with Crippen LogP contribution in [0.4, 0.5) is 34.6 Å². The summed E-state index contributed by atoms with van der Waals surface area (Å²) in [6.45, 7) is 6.88. The van der Waals surface area contributed by atoms with Crippen molar-refractivity contribution in [1.29, 1.82) is 0 Å². The van der Waals surface area contributed by atoms with Gasteiger partial charge in [-0.25, -0.2) is 37.5 Å². The maximum atomic E-state index is 14.0. The smallest absolute Gasteiger partial charge is 0.258 e. The maximum Gasteiger partial charge on any atom is 0.258 e. The van der Waals surface area contributed by atoms with Gasteiger partial charge in [0.15, 0.2) is 46.3 Å². The number of fused-ring (bicyclic) bond motifs is 4. The van der Waals surface area contributed by atoms with E-state index in [0.29, 0.717) is 92.8 Å². The Kier molecular flexibility index (Phi) is 24.2. The molecule has 0 spiro atoms. The number of pyridine rings is 4. The number of anilines is 3. The highest BCUT2D eigenvalue weighted by molar-refractivity contribution is 5.70. The van der Waals surface area contributed by atoms with Gasteiger partial charge in [-0.3, -0.25) is 36.8 Å². The Hall–Kier alpha value is -11.8. The number of aliphatic hydroxyl groups is 1. The molecule has 28 heteroatoms. The zero-order valence-corrected chi connectivity index (χ0v) is 65.0. The van der Waals surface area contributed by atoms with E-state index in [0.717, 1.165) is 87.6 Å². The van der Waals surface area contributed by atoms with Crippen LogP contribution in [0.15, 0.2) is 196 Å². The Labute approximate surface area is 650 Å². The van der Waals surface area contributed by atoms with E-state index in [1.807, 2.05) is 85.0 Å². The number of piperidine rings is 1. The van der Waals surface area contributed by atoms with Crippen molar-refractivity contribution < 1.29 is 41.6 Å². The van der Waals surface area contributed by atoms with E-state index >= 15 is 0 Å². The number of hydrogen-bond acceptors (Lipinski definition) is 20. The lowest BCUT2D eigenvalue weighted by Crippen LogP contribution is -2.42. The van der Waals surface area contributed by atoms with Gasteiger partial charge in [-0.05, 0) is 207 Å². The topological polar surface area (TPSA) is 217 Å². The van der Waals surface area contributed by atoms with Gasteiger partial charge in [0, 0.05) is 136 Å². The van der Waals surface area contributed by atoms with E-state index < -0.39 is 29.4 Å². The SMILES string of the molecule is COc1ccc(-c2cc(=O)n3cc(C4=CCN(C)CC4)ccc3n2)cc1F.COc1ccc(-c2cc(=O)n3cc(N4CCC(N(C)C)CC4)ccc3n2)cc1F.COc1ccc(-c2cc(=O)n3cc(N4CC[C@H](N(C)C)C4)ccc3n2)cc1F.COc1ccc(-c2cc(=O)n3cc(N4C[C@@H](O)[C@H](N(C)C)C4)ccc3n2)cc1F. The molecule has 4 aliphatic heterocycles. The summed E-state index contributed by atoms with van der Waals surface area (Å²) in [5.74, 6) is -1.34. The van der Waals surface area contributed by atoms with E-state index in [-0.39, 0.29) is 51.3 Å². The fourth-order valence-corrected chi connectivity index (χ4v) is 14.6. The second-order valence-electron chi connectivity index (χ2n) is 29.1. The first kappa shape index (κ1) is 79.3. The minimum absolute atomic E-state index is 0.0351. The average molecular weight is 1540 g/mol. The molecule has 0 unspecified atom stereocenters. The largest absolute Gasteiger partial charge is 0.494 e. The third-order valence-corrected chi connectivity index (χ3v) is 21.3. The molecule has 16 rings (SSSR count). The summed E-state index contributed by atoms with van der Waals surface area (Å²) in [7, 11) is 20.0. The Morgan fingerprint density at radius 1 is 0.389 bits per heavy atom. The van der Waals surface area contributed by atoms with Crippen LogP contribution in [0, 0.1) is 23.3 Å². The molecular formula is C85H91F4N15O9. The fraction of sp³-hybridized carbons (Fsp3) is 0.318. The van der Waals surface area contributed by atoms with Gasteiger partial charge in [-0.2, -0.15) is 0 Å². The quantitative estimate of drug-likeness (QED) is 0.0944. The zero-order chi connectivity index (χ0) is 80.1. The predicted octanol–water partition coefficient (Wildman–Crippen LogP) is 10.5. The van der Waals surface area contributed by atoms with Gasteiger partial charge in [0.25, 0.3) is 22.2 Å². The number of methoxy groups -OCH3 is 4. The zero-order valence-electron chi connectivity index (χ0n) is 65.0. The molecule has 0 aliphatic carbocycles. The van der Waals surface area contributed by atoms with Crippen molar-refractivity contribution in [2.24, 2.45) is 0 Å². The molecule has 0 amide bonds. The van der Waals surface area contributed by atoms with Crippen LogP contribution >= 0.6 is 0 Å². The summed E-state index contributed by atoms with van der Waals surface area (Å²) in [4.78, 5) is 84.3. The van der Waals surface area contributed by atoms with Gasteiger partial charge in [0.1, 0.15) is 22.6 Å². The lowest BCUT2D eigenvalue weighted by Gasteiger charge is -2.36. The first-order valence-corrected chi connectivity index (χ1v) is 37.1. The van der Waals surface area contributed by atoms with Gasteiger partial charge in [-0.1, -0.05) is 6.08 Å². The van der Waals surface area contributed by atoms with Crippen LogP contribution in [0.5, 0.6) is 23.0 Å². The molecular weight excluding hydrogens is 1450 g/mol. The minimum atomic E-state index is -0.509. The Bertz CT molecular complexity index is 5790. The van der Waals surface area contributed by atoms with Crippen LogP contribution < -0.4 is 55.9 Å². The van der Waals surface area contributed by atoms with Gasteiger partial charge in [-0.15, -0.1) is 0 Å². The number of likely N-dealkylation sites (N-methyl/N-ethyl adjacent to an activating group) is 3. The Balaban J connectivity index is 0.000000132. The molecule has 0 radical (unpaired) electrons. The first-order chi connectivity index (χ1) is 54.3. The lowest BCUT2D eigenvalue weighted by molar-refractivity contribution is 0.114. The van der Waals surface area contributed by atoms with Crippen molar-refractivity contribution in [1.82, 2.24) is 57.1 Å². The molecule has 113 heavy (non-hydrogen) atoms. The van der Waals surface area contributed by atoms with E-state index in [9.17, 15) is 41.8 Å². The van der Waals surface area contributed by atoms with Crippen LogP contribution in [0.3, 0.4) is 0 Å². The molecule has 12 heterocycles. The number of aromatic nitrogens is 8. The molecule has 0 bridgehead atoms. The van der Waals surface area contributed by atoms with Crippen molar-refractivity contribution >= 4 is 45.2 Å². The van der Waals surface area contributed by atoms with Crippen molar-refractivity contribution in [2.75, 3.05) is 145 Å². The highest BCUT2D eigenvalue weighted by atomic mass is 19.1. The van der Waals surface area contributed by atoms with E-state index in [1.165, 1.54) is 116 Å². The summed E-state index contributed by atoms with van der Waals surface area (Å²) in [6, 6.07) is 40.1. The summed E-state index contributed by atoms with van der Waals surface area (Å²) < 4.78 is 82.0. The number of aliphatic hydroxyl groups excluding tert-OH is 1. The standard InChI is InChI=1S/C22H25FN4O2.C21H23FN4O3.C21H23FN4O2.C21H20FN3O2/c1-25(2)16-8-10-26(11-9-16)17-5-7-21-24-19(13-22(28)27(21)14-17)15-4-6-20(29-3)18(23)12-15;1-24(2)17-11-25(12-18(17)27)14-5-7-20-23-16(9-21(28)26(20)10-14)13-4-6-19(29-3)15(22)8-13;1-24(2)15-8-9-25(12-15)16-5-7-20-23-18(11-21(27)26(20)13-16)14-4-6-19(28-3)17(22)10-14;1-24-9-7-14(8-10-24)16-4-6-20-23-18(12-21(26)25(20)13-16)15-3-5-19(27-2)17(22)11-15/h4-7,12-14,16H,8-11H2,1-3H3;4-10,17-18,27H,11-12H2,1-3H3;4-7,10-11,13,15H,8-9,12H2,1-3H3;3-7,11-13H,8-10H2,1-2H3/t;17-,18-;15-;/m.10./s1. The number of hydrogen-bond donors (Lipinski definition) is 1. The third-order valence-electron chi connectivity index (χ3n) is 21.3. The highest BCUT2D eigenvalue weighted by Gasteiger charge is 2.33. The molecule has 4 aliphatic rings. The summed E-state index contributed by atoms with van der Waals surface area (Å²) in [5, 5.41) is 10.3. The number of ether oxygens (including phenoxy) is 4. The molecule has 24 nitrogen and oxygen atoms in total. The molecule has 3 saturated heterocycles. The van der Waals surface area contributed by atoms with E-state index in [1.54, 1.807) is 45.3 Å². The highest BCUT2D eigenvalue weighted by Crippen LogP contribution is 2.32. The summed E-state index contributed by atoms with van der Waals surface area (Å²) >= 11 is 0. The first-order valence-electron chi connectivity index (χ1n) is 37.1. The molecule has 0 saturated carbocycles. The minimum Gasteiger partial charge on any atom is -0.494 e. The lowest BCUT2D eigenvalue weighted by atomic mass is 10.0. The van der Waals surface area contributed by atoms with Crippen LogP contribution in [0.25, 0.3) is 73.2 Å². The Morgan fingerprint density at radius 2 is 0.735 bits per heavy atom. The summed E-state index contributed by atoms with van der Waals surface area (Å²) in [5.41, 5.74) is 10.2. The predicted molar refractivity (Wildman–Crippen MR) is 433 cm³/mol. The van der Waals surface area contributed by atoms with Crippen molar-refractivity contribution in [3.63, 3.8) is 0 Å². The van der Waals surface area contributed by atoms with Crippen molar-refractivity contribution in [3.8, 4) is 68.0 Å². The van der Waals surface area contributed by atoms with E-state index in [2.05, 4.69) is 85.7 Å². The fourth-order valence-electron chi connectivity index (χ4n) is 14.6. The number of nitrogens with zero attached hydrogens (tertiary/aromatic N) is 15. The molecule has 3 atom stereocenters. The maximum absolute atomic E-state index is 14.0. The molecule has 12 aromatic rings. The average Bonchev–Trinajstić information content (AvgIpc) is 0.982. The van der Waals surface area contributed by atoms with Gasteiger partial charge in [0.05, 0.1) is 80.4 Å². The van der Waals surface area contributed by atoms with Gasteiger partial charge < -0.3 is 58.4 Å². The molecule has 8 aromatic heterocycles. The number of halogens is 4. The van der Waals surface area contributed by atoms with Crippen molar-refractivity contribution in [3.05, 3.63) is 247 Å². The molecule has 1 N–H and O–H groups in total. The molecule has 588 valence electrons. The van der Waals surface area contributed by atoms with E-state index in [4.69, 9.17) is 18.9 Å². The van der Waals surface area contributed by atoms with Crippen LogP contribution in [-0.4, -0.2) is 217 Å². The third kappa shape index (κ3) is 17.8. The second kappa shape index (κ2) is 34.4. The van der Waals surface area contributed by atoms with Crippen molar-refractivity contribution in [2.45, 2.75) is 49.9 Å². The Morgan fingerprint density at radius 3 is 1.07 bits per heavy atom. The number of rotatable bonds is 15. The van der Waals surface area contributed by atoms with Crippen LogP contribution in [0.1, 0.15) is 31.2 Å². The second-order valence-corrected chi connectivity index (χ2v) is 29.1. The normalized spacial score (nSPS) is 16.6. The van der Waals surface area contributed by atoms with Crippen LogP contribution in [-0.2, 0) is 0 Å².